The SMILES string of the molecule is CC1(C)c2ccccc2-c2ccc(-c3nc(-n4c5cccnc5c5c6ccccc6c(C6=CC=CC6)c(S)c54)nc4ccccc34)cc21. The average Bonchev–Trinajstić information content (AvgIpc) is 3.83. The van der Waals surface area contributed by atoms with Crippen LogP contribution in [0.1, 0.15) is 37.0 Å². The molecule has 0 saturated heterocycles. The van der Waals surface area contributed by atoms with Crippen molar-refractivity contribution in [3.05, 3.63) is 144 Å². The van der Waals surface area contributed by atoms with Crippen molar-refractivity contribution in [2.75, 3.05) is 0 Å². The Morgan fingerprint density at radius 1 is 0.750 bits per heavy atom. The van der Waals surface area contributed by atoms with Crippen molar-refractivity contribution < 1.29 is 0 Å². The molecule has 0 spiro atoms. The first-order valence-corrected chi connectivity index (χ1v) is 16.9. The fourth-order valence-corrected chi connectivity index (χ4v) is 8.64. The Kier molecular flexibility index (Phi) is 5.74. The summed E-state index contributed by atoms with van der Waals surface area (Å²) in [6.07, 6.45) is 9.28. The van der Waals surface area contributed by atoms with E-state index >= 15 is 0 Å². The third-order valence-corrected chi connectivity index (χ3v) is 10.8. The topological polar surface area (TPSA) is 43.6 Å². The minimum absolute atomic E-state index is 0.117. The van der Waals surface area contributed by atoms with Crippen molar-refractivity contribution in [3.63, 3.8) is 0 Å². The normalized spacial score (nSPS) is 14.7. The van der Waals surface area contributed by atoms with Crippen LogP contribution in [0.4, 0.5) is 0 Å². The monoisotopic (exact) mass is 634 g/mol. The molecule has 0 radical (unpaired) electrons. The van der Waals surface area contributed by atoms with E-state index in [1.807, 2.05) is 18.3 Å². The number of thiol groups is 1. The van der Waals surface area contributed by atoms with Gasteiger partial charge in [0.2, 0.25) is 5.95 Å². The highest BCUT2D eigenvalue weighted by atomic mass is 32.1. The number of allylic oxidation sites excluding steroid dienone is 4. The lowest BCUT2D eigenvalue weighted by atomic mass is 9.82. The molecular weight excluding hydrogens is 605 g/mol. The van der Waals surface area contributed by atoms with Crippen LogP contribution >= 0.6 is 12.6 Å². The molecule has 5 aromatic carbocycles. The highest BCUT2D eigenvalue weighted by Gasteiger charge is 2.35. The molecule has 0 fully saturated rings. The maximum Gasteiger partial charge on any atom is 0.235 e. The Bertz CT molecular complexity index is 2750. The number of benzene rings is 5. The van der Waals surface area contributed by atoms with Crippen LogP contribution in [0.25, 0.3) is 77.5 Å². The molecule has 4 nitrogen and oxygen atoms in total. The third-order valence-electron chi connectivity index (χ3n) is 10.4. The molecule has 10 rings (SSSR count). The van der Waals surface area contributed by atoms with E-state index in [1.54, 1.807) is 0 Å². The van der Waals surface area contributed by atoms with Gasteiger partial charge in [-0.15, -0.1) is 12.6 Å². The first-order valence-electron chi connectivity index (χ1n) is 16.4. The predicted octanol–water partition coefficient (Wildman–Crippen LogP) is 10.9. The maximum atomic E-state index is 5.45. The van der Waals surface area contributed by atoms with Crippen molar-refractivity contribution in [2.24, 2.45) is 0 Å². The van der Waals surface area contributed by atoms with E-state index < -0.39 is 0 Å². The molecule has 48 heavy (non-hydrogen) atoms. The standard InChI is InChI=1S/C43H30N4S/c1-43(2)32-18-9-7-14-27(32)28-22-21-26(24-33(28)43)38-31-17-8-10-19-34(31)45-42(46-38)47-35-20-11-23-44-39(35)37-30-16-6-5-15-29(30)36(41(48)40(37)47)25-12-3-4-13-25/h3-12,14-24,48H,13H2,1-2H3. The van der Waals surface area contributed by atoms with E-state index in [2.05, 4.69) is 128 Å². The Morgan fingerprint density at radius 2 is 1.52 bits per heavy atom. The highest BCUT2D eigenvalue weighted by molar-refractivity contribution is 7.80. The largest absolute Gasteiger partial charge is 0.275 e. The smallest absolute Gasteiger partial charge is 0.235 e. The lowest BCUT2D eigenvalue weighted by Gasteiger charge is -2.22. The van der Waals surface area contributed by atoms with Crippen LogP contribution in [0.3, 0.4) is 0 Å². The molecule has 2 aliphatic carbocycles. The molecule has 0 atom stereocenters. The van der Waals surface area contributed by atoms with Crippen LogP contribution in [0.15, 0.2) is 132 Å². The Labute approximate surface area is 283 Å². The van der Waals surface area contributed by atoms with Gasteiger partial charge in [0, 0.05) is 38.4 Å². The third kappa shape index (κ3) is 3.71. The van der Waals surface area contributed by atoms with Crippen molar-refractivity contribution in [2.45, 2.75) is 30.6 Å². The van der Waals surface area contributed by atoms with Gasteiger partial charge < -0.3 is 0 Å². The Balaban J connectivity index is 1.30. The quantitative estimate of drug-likeness (QED) is 0.197. The minimum Gasteiger partial charge on any atom is -0.275 e. The van der Waals surface area contributed by atoms with Crippen LogP contribution < -0.4 is 0 Å². The van der Waals surface area contributed by atoms with Gasteiger partial charge in [-0.05, 0) is 69.3 Å². The molecule has 3 heterocycles. The van der Waals surface area contributed by atoms with Crippen LogP contribution in [-0.2, 0) is 5.41 Å². The molecule has 0 aliphatic heterocycles. The van der Waals surface area contributed by atoms with Crippen molar-refractivity contribution in [1.29, 1.82) is 0 Å². The zero-order valence-corrected chi connectivity index (χ0v) is 27.5. The average molecular weight is 635 g/mol. The Hall–Kier alpha value is -5.52. The predicted molar refractivity (Wildman–Crippen MR) is 201 cm³/mol. The molecule has 5 heteroatoms. The zero-order valence-electron chi connectivity index (χ0n) is 26.6. The summed E-state index contributed by atoms with van der Waals surface area (Å²) in [4.78, 5) is 16.6. The van der Waals surface area contributed by atoms with Crippen molar-refractivity contribution in [3.8, 4) is 28.3 Å². The molecule has 0 amide bonds. The van der Waals surface area contributed by atoms with Gasteiger partial charge in [-0.3, -0.25) is 9.55 Å². The molecule has 0 unspecified atom stereocenters. The van der Waals surface area contributed by atoms with E-state index in [-0.39, 0.29) is 5.41 Å². The van der Waals surface area contributed by atoms with Gasteiger partial charge >= 0.3 is 0 Å². The summed E-state index contributed by atoms with van der Waals surface area (Å²) in [6.45, 7) is 4.64. The second-order valence-electron chi connectivity index (χ2n) is 13.3. The van der Waals surface area contributed by atoms with Crippen LogP contribution in [0, 0.1) is 0 Å². The number of pyridine rings is 1. The summed E-state index contributed by atoms with van der Waals surface area (Å²) < 4.78 is 2.18. The molecule has 228 valence electrons. The van der Waals surface area contributed by atoms with Gasteiger partial charge in [-0.25, -0.2) is 9.97 Å². The van der Waals surface area contributed by atoms with E-state index in [1.165, 1.54) is 33.2 Å². The summed E-state index contributed by atoms with van der Waals surface area (Å²) in [5, 5.41) is 4.41. The van der Waals surface area contributed by atoms with Crippen molar-refractivity contribution in [1.82, 2.24) is 19.5 Å². The number of aromatic nitrogens is 4. The van der Waals surface area contributed by atoms with Gasteiger partial charge in [0.25, 0.3) is 0 Å². The zero-order chi connectivity index (χ0) is 32.1. The molecular formula is C43H30N4S. The summed E-state index contributed by atoms with van der Waals surface area (Å²) in [5.74, 6) is 0.606. The number of nitrogens with zero attached hydrogens (tertiary/aromatic N) is 4. The molecule has 3 aromatic heterocycles. The van der Waals surface area contributed by atoms with E-state index in [0.29, 0.717) is 5.95 Å². The van der Waals surface area contributed by atoms with Gasteiger partial charge in [-0.2, -0.15) is 0 Å². The van der Waals surface area contributed by atoms with Gasteiger partial charge in [0.1, 0.15) is 0 Å². The summed E-state index contributed by atoms with van der Waals surface area (Å²) in [6, 6.07) is 36.7. The van der Waals surface area contributed by atoms with Gasteiger partial charge in [-0.1, -0.05) is 111 Å². The lowest BCUT2D eigenvalue weighted by molar-refractivity contribution is 0.660. The second kappa shape index (κ2) is 9.99. The van der Waals surface area contributed by atoms with Gasteiger partial charge in [0.05, 0.1) is 27.8 Å². The van der Waals surface area contributed by atoms with E-state index in [4.69, 9.17) is 27.6 Å². The maximum absolute atomic E-state index is 5.45. The fourth-order valence-electron chi connectivity index (χ4n) is 8.16. The van der Waals surface area contributed by atoms with Gasteiger partial charge in [0.15, 0.2) is 0 Å². The molecule has 0 N–H and O–H groups in total. The van der Waals surface area contributed by atoms with Crippen LogP contribution in [-0.4, -0.2) is 19.5 Å². The van der Waals surface area contributed by atoms with Crippen LogP contribution in [0.2, 0.25) is 0 Å². The van der Waals surface area contributed by atoms with E-state index in [0.717, 1.165) is 66.4 Å². The highest BCUT2D eigenvalue weighted by Crippen LogP contribution is 2.50. The number of hydrogen-bond acceptors (Lipinski definition) is 4. The summed E-state index contributed by atoms with van der Waals surface area (Å²) in [5.41, 5.74) is 13.3. The molecule has 8 aromatic rings. The number of hydrogen-bond donors (Lipinski definition) is 1. The second-order valence-corrected chi connectivity index (χ2v) is 13.8. The summed E-state index contributed by atoms with van der Waals surface area (Å²) >= 11 is 5.33. The first kappa shape index (κ1) is 27.6. The van der Waals surface area contributed by atoms with E-state index in [9.17, 15) is 0 Å². The minimum atomic E-state index is -0.117. The number of fused-ring (bicyclic) bond motifs is 9. The molecule has 0 bridgehead atoms. The number of para-hydroxylation sites is 1. The number of rotatable bonds is 3. The lowest BCUT2D eigenvalue weighted by Crippen LogP contribution is -2.15. The van der Waals surface area contributed by atoms with Crippen LogP contribution in [0.5, 0.6) is 0 Å². The Morgan fingerprint density at radius 3 is 2.38 bits per heavy atom. The summed E-state index contributed by atoms with van der Waals surface area (Å²) in [7, 11) is 0. The molecule has 0 saturated carbocycles. The van der Waals surface area contributed by atoms with Crippen molar-refractivity contribution >= 4 is 61.8 Å². The fraction of sp³-hybridized carbons (Fsp3) is 0.0930. The molecule has 2 aliphatic rings. The first-order chi connectivity index (χ1) is 23.5.